The molecular formula is C13H11ClF2N2OS2. The number of aromatic nitrogens is 1. The van der Waals surface area contributed by atoms with Crippen LogP contribution < -0.4 is 5.32 Å². The molecule has 0 atom stereocenters. The molecule has 2 aromatic heterocycles. The number of hydrogen-bond donors (Lipinski definition) is 1. The molecule has 0 radical (unpaired) electrons. The molecule has 0 fully saturated rings. The van der Waals surface area contributed by atoms with Gasteiger partial charge in [-0.3, -0.25) is 4.79 Å². The topological polar surface area (TPSA) is 42.0 Å². The van der Waals surface area contributed by atoms with E-state index in [-0.39, 0.29) is 22.4 Å². The van der Waals surface area contributed by atoms with Crippen LogP contribution >= 0.6 is 34.7 Å². The van der Waals surface area contributed by atoms with Crippen LogP contribution in [-0.4, -0.2) is 23.2 Å². The van der Waals surface area contributed by atoms with Gasteiger partial charge in [0.25, 0.3) is 11.7 Å². The lowest BCUT2D eigenvalue weighted by molar-refractivity contribution is 0.0950. The Kier molecular flexibility index (Phi) is 5.96. The second kappa shape index (κ2) is 7.72. The summed E-state index contributed by atoms with van der Waals surface area (Å²) in [6.07, 6.45) is 2.02. The minimum Gasteiger partial charge on any atom is -0.352 e. The van der Waals surface area contributed by atoms with Gasteiger partial charge >= 0.3 is 0 Å². The lowest BCUT2D eigenvalue weighted by atomic mass is 10.2. The summed E-state index contributed by atoms with van der Waals surface area (Å²) in [5, 5.41) is 2.73. The third-order valence-electron chi connectivity index (χ3n) is 2.50. The van der Waals surface area contributed by atoms with Gasteiger partial charge in [-0.05, 0) is 42.4 Å². The molecule has 112 valence electrons. The molecule has 1 amide bonds. The van der Waals surface area contributed by atoms with E-state index in [0.717, 1.165) is 4.88 Å². The molecule has 0 spiro atoms. The van der Waals surface area contributed by atoms with E-state index in [1.807, 2.05) is 6.07 Å². The van der Waals surface area contributed by atoms with Crippen molar-refractivity contribution in [3.63, 3.8) is 0 Å². The SMILES string of the molecule is O=C(NCCc1ccc(Cl)s1)c1cccnc1SC(F)F. The number of carbonyl (C=O) groups is 1. The van der Waals surface area contributed by atoms with E-state index < -0.39 is 11.7 Å². The maximum atomic E-state index is 12.4. The summed E-state index contributed by atoms with van der Waals surface area (Å²) < 4.78 is 25.5. The van der Waals surface area contributed by atoms with Crippen molar-refractivity contribution in [2.45, 2.75) is 17.2 Å². The summed E-state index contributed by atoms with van der Waals surface area (Å²) in [5.41, 5.74) is 0.159. The Morgan fingerprint density at radius 3 is 2.90 bits per heavy atom. The Morgan fingerprint density at radius 1 is 1.43 bits per heavy atom. The fourth-order valence-electron chi connectivity index (χ4n) is 1.62. The van der Waals surface area contributed by atoms with Crippen molar-refractivity contribution in [1.29, 1.82) is 0 Å². The van der Waals surface area contributed by atoms with Gasteiger partial charge in [-0.25, -0.2) is 4.98 Å². The van der Waals surface area contributed by atoms with Crippen molar-refractivity contribution in [2.24, 2.45) is 0 Å². The van der Waals surface area contributed by atoms with Crippen LogP contribution in [0.25, 0.3) is 0 Å². The molecule has 0 saturated carbocycles. The molecule has 8 heteroatoms. The summed E-state index contributed by atoms with van der Waals surface area (Å²) in [6, 6.07) is 6.71. The Morgan fingerprint density at radius 2 is 2.24 bits per heavy atom. The first-order chi connectivity index (χ1) is 10.1. The normalized spacial score (nSPS) is 10.9. The van der Waals surface area contributed by atoms with Crippen LogP contribution in [0.15, 0.2) is 35.5 Å². The van der Waals surface area contributed by atoms with Crippen LogP contribution in [0.5, 0.6) is 0 Å². The van der Waals surface area contributed by atoms with Crippen LogP contribution in [-0.2, 0) is 6.42 Å². The Labute approximate surface area is 133 Å². The number of nitrogens with zero attached hydrogens (tertiary/aromatic N) is 1. The van der Waals surface area contributed by atoms with Gasteiger partial charge in [0.15, 0.2) is 0 Å². The predicted octanol–water partition coefficient (Wildman–Crippen LogP) is 4.08. The van der Waals surface area contributed by atoms with E-state index >= 15 is 0 Å². The van der Waals surface area contributed by atoms with Crippen LogP contribution in [0.4, 0.5) is 8.78 Å². The zero-order valence-electron chi connectivity index (χ0n) is 10.7. The van der Waals surface area contributed by atoms with Gasteiger partial charge in [-0.1, -0.05) is 11.6 Å². The Balaban J connectivity index is 1.94. The summed E-state index contributed by atoms with van der Waals surface area (Å²) in [7, 11) is 0. The third kappa shape index (κ3) is 4.94. The van der Waals surface area contributed by atoms with Crippen molar-refractivity contribution >= 4 is 40.6 Å². The van der Waals surface area contributed by atoms with E-state index in [1.165, 1.54) is 23.6 Å². The third-order valence-corrected chi connectivity index (χ3v) is 4.52. The smallest absolute Gasteiger partial charge is 0.290 e. The highest BCUT2D eigenvalue weighted by Crippen LogP contribution is 2.26. The van der Waals surface area contributed by atoms with Gasteiger partial charge in [0.1, 0.15) is 5.03 Å². The van der Waals surface area contributed by atoms with Crippen molar-refractivity contribution in [1.82, 2.24) is 10.3 Å². The van der Waals surface area contributed by atoms with E-state index in [1.54, 1.807) is 12.1 Å². The van der Waals surface area contributed by atoms with E-state index in [9.17, 15) is 13.6 Å². The molecule has 0 saturated heterocycles. The number of pyridine rings is 1. The largest absolute Gasteiger partial charge is 0.352 e. The molecule has 0 aliphatic rings. The Hall–Kier alpha value is -1.18. The highest BCUT2D eigenvalue weighted by Gasteiger charge is 2.16. The minimum atomic E-state index is -2.61. The van der Waals surface area contributed by atoms with Gasteiger partial charge in [0, 0.05) is 17.6 Å². The van der Waals surface area contributed by atoms with Crippen molar-refractivity contribution in [3.05, 3.63) is 45.2 Å². The zero-order valence-corrected chi connectivity index (χ0v) is 13.1. The molecule has 21 heavy (non-hydrogen) atoms. The monoisotopic (exact) mass is 348 g/mol. The molecule has 0 unspecified atom stereocenters. The van der Waals surface area contributed by atoms with Crippen molar-refractivity contribution in [3.8, 4) is 0 Å². The lowest BCUT2D eigenvalue weighted by Crippen LogP contribution is -2.26. The molecular weight excluding hydrogens is 338 g/mol. The van der Waals surface area contributed by atoms with Gasteiger partial charge < -0.3 is 5.32 Å². The number of rotatable bonds is 6. The standard InChI is InChI=1S/C13H11ClF2N2OS2/c14-10-4-3-8(20-10)5-7-17-11(19)9-2-1-6-18-12(9)21-13(15)16/h1-4,6,13H,5,7H2,(H,17,19). The molecule has 0 aromatic carbocycles. The number of amides is 1. The molecule has 0 aliphatic carbocycles. The number of carbonyl (C=O) groups excluding carboxylic acids is 1. The quantitative estimate of drug-likeness (QED) is 0.800. The van der Waals surface area contributed by atoms with Crippen LogP contribution in [0, 0.1) is 0 Å². The maximum Gasteiger partial charge on any atom is 0.290 e. The first-order valence-electron chi connectivity index (χ1n) is 5.98. The average molecular weight is 349 g/mol. The van der Waals surface area contributed by atoms with Crippen LogP contribution in [0.2, 0.25) is 4.34 Å². The Bertz CT molecular complexity index is 622. The molecule has 0 aliphatic heterocycles. The van der Waals surface area contributed by atoms with E-state index in [0.29, 0.717) is 17.3 Å². The van der Waals surface area contributed by atoms with E-state index in [4.69, 9.17) is 11.6 Å². The number of nitrogens with one attached hydrogen (secondary N) is 1. The molecule has 3 nitrogen and oxygen atoms in total. The first-order valence-corrected chi connectivity index (χ1v) is 8.06. The second-order valence-corrected chi connectivity index (χ2v) is 6.72. The number of alkyl halides is 2. The number of thiophene rings is 1. The van der Waals surface area contributed by atoms with Crippen LogP contribution in [0.3, 0.4) is 0 Å². The van der Waals surface area contributed by atoms with E-state index in [2.05, 4.69) is 10.3 Å². The summed E-state index contributed by atoms with van der Waals surface area (Å²) in [4.78, 5) is 16.9. The summed E-state index contributed by atoms with van der Waals surface area (Å²) in [6.45, 7) is 0.406. The highest BCUT2D eigenvalue weighted by atomic mass is 35.5. The number of halogens is 3. The molecule has 2 rings (SSSR count). The minimum absolute atomic E-state index is 0.0316. The van der Waals surface area contributed by atoms with Crippen molar-refractivity contribution < 1.29 is 13.6 Å². The van der Waals surface area contributed by atoms with Gasteiger partial charge in [0.05, 0.1) is 9.90 Å². The predicted molar refractivity (Wildman–Crippen MR) is 81.5 cm³/mol. The van der Waals surface area contributed by atoms with Gasteiger partial charge in [-0.2, -0.15) is 8.78 Å². The van der Waals surface area contributed by atoms with Crippen LogP contribution in [0.1, 0.15) is 15.2 Å². The molecule has 0 bridgehead atoms. The number of hydrogen-bond acceptors (Lipinski definition) is 4. The molecule has 1 N–H and O–H groups in total. The first kappa shape index (κ1) is 16.2. The summed E-state index contributed by atoms with van der Waals surface area (Å²) in [5.74, 6) is -3.02. The van der Waals surface area contributed by atoms with Crippen molar-refractivity contribution in [2.75, 3.05) is 6.54 Å². The fraction of sp³-hybridized carbons (Fsp3) is 0.231. The molecule has 2 heterocycles. The van der Waals surface area contributed by atoms with Gasteiger partial charge in [-0.15, -0.1) is 11.3 Å². The highest BCUT2D eigenvalue weighted by molar-refractivity contribution is 7.99. The number of thioether (sulfide) groups is 1. The zero-order chi connectivity index (χ0) is 15.2. The maximum absolute atomic E-state index is 12.4. The fourth-order valence-corrected chi connectivity index (χ4v) is 3.29. The average Bonchev–Trinajstić information content (AvgIpc) is 2.84. The lowest BCUT2D eigenvalue weighted by Gasteiger charge is -2.08. The second-order valence-electron chi connectivity index (χ2n) is 3.95. The molecule has 2 aromatic rings. The van der Waals surface area contributed by atoms with Gasteiger partial charge in [0.2, 0.25) is 0 Å². The summed E-state index contributed by atoms with van der Waals surface area (Å²) >= 11 is 7.53.